The predicted molar refractivity (Wildman–Crippen MR) is 131 cm³/mol. The molecule has 2 bridgehead atoms. The smallest absolute Gasteiger partial charge is 0.352 e. The van der Waals surface area contributed by atoms with Gasteiger partial charge < -0.3 is 30.6 Å². The highest BCUT2D eigenvalue weighted by Gasteiger charge is 2.56. The Hall–Kier alpha value is -2.82. The van der Waals surface area contributed by atoms with Gasteiger partial charge in [-0.05, 0) is 0 Å². The zero-order chi connectivity index (χ0) is 26.4. The molecule has 13 nitrogen and oxygen atoms in total. The number of piperidine rings is 3. The number of alkyl halides is 1. The lowest BCUT2D eigenvalue weighted by Gasteiger charge is -2.55. The van der Waals surface area contributed by atoms with Gasteiger partial charge in [-0.15, -0.1) is 11.8 Å². The first-order valence-electron chi connectivity index (χ1n) is 11.7. The van der Waals surface area contributed by atoms with Crippen molar-refractivity contribution in [2.45, 2.75) is 30.7 Å². The molecule has 6 heterocycles. The van der Waals surface area contributed by atoms with Gasteiger partial charge in [0.05, 0.1) is 19.6 Å². The molecular weight excluding hydrogens is 529 g/mol. The number of carboxylic acid groups (broad SMARTS) is 1. The van der Waals surface area contributed by atoms with Crippen molar-refractivity contribution in [3.63, 3.8) is 0 Å². The molecule has 0 aromatic carbocycles. The number of carboxylic acids is 1. The van der Waals surface area contributed by atoms with E-state index in [1.165, 1.54) is 16.7 Å². The Morgan fingerprint density at radius 2 is 2.03 bits per heavy atom. The molecule has 37 heavy (non-hydrogen) atoms. The summed E-state index contributed by atoms with van der Waals surface area (Å²) in [5.74, 6) is -2.39. The summed E-state index contributed by atoms with van der Waals surface area (Å²) in [5, 5.41) is 25.2. The van der Waals surface area contributed by atoms with Crippen LogP contribution in [0, 0.1) is 5.41 Å². The van der Waals surface area contributed by atoms with E-state index in [4.69, 9.17) is 5.73 Å². The standard InChI is InChI=1S/C21H26FN7O6S2/c22-10-35-26-12(15-25-20(23)37-27-15)16(31)24-13-17(32)28-14(19(33)34)11(8-36-18(13)28)7-29-4-1-21(9-30,2-5-29)3-6-29/h13,18,30H,1-10H2,(H3-,23,24,25,27,31,33,34)/p+1/b26-12-/t13-,18+,21?,29?/m1/s1. The molecule has 0 spiro atoms. The Morgan fingerprint density at radius 1 is 1.32 bits per heavy atom. The van der Waals surface area contributed by atoms with Crippen molar-refractivity contribution in [1.29, 1.82) is 0 Å². The highest BCUT2D eigenvalue weighted by molar-refractivity contribution is 8.00. The molecule has 2 atom stereocenters. The molecule has 5 aliphatic rings. The van der Waals surface area contributed by atoms with E-state index in [9.17, 15) is 29.0 Å². The van der Waals surface area contributed by atoms with E-state index in [1.54, 1.807) is 0 Å². The number of anilines is 1. The van der Waals surface area contributed by atoms with Crippen molar-refractivity contribution < 1.29 is 38.3 Å². The molecule has 200 valence electrons. The summed E-state index contributed by atoms with van der Waals surface area (Å²) in [4.78, 5) is 47.7. The molecule has 5 N–H and O–H groups in total. The van der Waals surface area contributed by atoms with Crippen LogP contribution >= 0.6 is 23.3 Å². The third-order valence-corrected chi connectivity index (χ3v) is 9.70. The topological polar surface area (TPSA) is 180 Å². The van der Waals surface area contributed by atoms with Crippen LogP contribution in [0.15, 0.2) is 16.4 Å². The van der Waals surface area contributed by atoms with Crippen LogP contribution in [-0.2, 0) is 19.2 Å². The number of rotatable bonds is 9. The molecule has 0 saturated carbocycles. The van der Waals surface area contributed by atoms with Gasteiger partial charge in [-0.25, -0.2) is 9.18 Å². The van der Waals surface area contributed by atoms with Crippen LogP contribution < -0.4 is 11.1 Å². The highest BCUT2D eigenvalue weighted by Crippen LogP contribution is 2.46. The number of nitrogen functional groups attached to an aromatic ring is 1. The lowest BCUT2D eigenvalue weighted by molar-refractivity contribution is -0.941. The van der Waals surface area contributed by atoms with Crippen molar-refractivity contribution >= 4 is 51.9 Å². The Morgan fingerprint density at radius 3 is 2.59 bits per heavy atom. The Balaban J connectivity index is 1.32. The largest absolute Gasteiger partial charge is 0.477 e. The zero-order valence-electron chi connectivity index (χ0n) is 19.8. The van der Waals surface area contributed by atoms with Crippen LogP contribution in [0.1, 0.15) is 25.1 Å². The minimum Gasteiger partial charge on any atom is -0.477 e. The van der Waals surface area contributed by atoms with Crippen molar-refractivity contribution in [3.05, 3.63) is 17.1 Å². The highest BCUT2D eigenvalue weighted by atomic mass is 32.2. The number of nitrogens with two attached hydrogens (primary N) is 1. The fourth-order valence-electron chi connectivity index (χ4n) is 5.63. The molecule has 1 aromatic rings. The second-order valence-corrected chi connectivity index (χ2v) is 11.7. The number of nitrogens with zero attached hydrogens (tertiary/aromatic N) is 5. The average molecular weight is 557 g/mol. The van der Waals surface area contributed by atoms with E-state index in [1.807, 2.05) is 0 Å². The van der Waals surface area contributed by atoms with Crippen molar-refractivity contribution in [1.82, 2.24) is 19.6 Å². The number of aliphatic hydroxyl groups excluding tert-OH is 1. The number of hydrogen-bond donors (Lipinski definition) is 4. The first kappa shape index (κ1) is 25.8. The van der Waals surface area contributed by atoms with Gasteiger partial charge in [0.1, 0.15) is 23.7 Å². The van der Waals surface area contributed by atoms with Crippen molar-refractivity contribution in [2.75, 3.05) is 51.1 Å². The molecule has 0 radical (unpaired) electrons. The number of carbonyl (C=O) groups is 3. The van der Waals surface area contributed by atoms with Gasteiger partial charge in [0.2, 0.25) is 11.5 Å². The van der Waals surface area contributed by atoms with Crippen LogP contribution in [0.2, 0.25) is 0 Å². The van der Waals surface area contributed by atoms with E-state index in [-0.39, 0.29) is 28.7 Å². The number of quaternary nitrogens is 1. The number of β-lactam (4-membered cyclic amide) rings is 1. The number of thioether (sulfide) groups is 1. The molecule has 0 unspecified atom stereocenters. The number of nitrogens with one attached hydrogen (secondary N) is 1. The van der Waals surface area contributed by atoms with Crippen LogP contribution in [0.5, 0.6) is 0 Å². The molecule has 4 fully saturated rings. The molecule has 6 rings (SSSR count). The van der Waals surface area contributed by atoms with Crippen LogP contribution in [-0.4, -0.2) is 109 Å². The molecule has 4 saturated heterocycles. The number of aliphatic hydroxyl groups is 1. The van der Waals surface area contributed by atoms with Crippen LogP contribution in [0.3, 0.4) is 0 Å². The quantitative estimate of drug-likeness (QED) is 0.134. The maximum Gasteiger partial charge on any atom is 0.352 e. The molecule has 16 heteroatoms. The number of aliphatic carboxylic acids is 1. The molecule has 2 amide bonds. The lowest BCUT2D eigenvalue weighted by Crippen LogP contribution is -2.71. The summed E-state index contributed by atoms with van der Waals surface area (Å²) in [5.41, 5.74) is 5.78. The summed E-state index contributed by atoms with van der Waals surface area (Å²) in [6, 6.07) is -1.01. The number of halogens is 1. The second kappa shape index (κ2) is 9.81. The lowest BCUT2D eigenvalue weighted by atomic mass is 9.71. The van der Waals surface area contributed by atoms with Gasteiger partial charge in [-0.3, -0.25) is 14.5 Å². The van der Waals surface area contributed by atoms with E-state index >= 15 is 0 Å². The third-order valence-electron chi connectivity index (χ3n) is 7.82. The maximum absolute atomic E-state index is 13.1. The van der Waals surface area contributed by atoms with Gasteiger partial charge in [0.15, 0.2) is 5.13 Å². The molecule has 0 aliphatic carbocycles. The number of fused-ring (bicyclic) bond motifs is 4. The molecular formula is C21H27FN7O6S2+. The van der Waals surface area contributed by atoms with Gasteiger partial charge in [0.25, 0.3) is 18.7 Å². The van der Waals surface area contributed by atoms with Crippen molar-refractivity contribution in [2.24, 2.45) is 10.6 Å². The monoisotopic (exact) mass is 556 g/mol. The average Bonchev–Trinajstić information content (AvgIpc) is 3.33. The minimum absolute atomic E-state index is 0.00747. The Labute approximate surface area is 219 Å². The number of oxime groups is 1. The predicted octanol–water partition coefficient (Wildman–Crippen LogP) is -0.500. The van der Waals surface area contributed by atoms with E-state index in [2.05, 4.69) is 24.7 Å². The first-order chi connectivity index (χ1) is 17.7. The Bertz CT molecular complexity index is 1170. The number of aromatic nitrogens is 2. The zero-order valence-corrected chi connectivity index (χ0v) is 21.4. The summed E-state index contributed by atoms with van der Waals surface area (Å²) in [6.07, 6.45) is 2.71. The summed E-state index contributed by atoms with van der Waals surface area (Å²) < 4.78 is 17.2. The fourth-order valence-corrected chi connectivity index (χ4v) is 7.40. The van der Waals surface area contributed by atoms with Gasteiger partial charge in [-0.1, -0.05) is 5.16 Å². The van der Waals surface area contributed by atoms with Crippen LogP contribution in [0.4, 0.5) is 9.52 Å². The summed E-state index contributed by atoms with van der Waals surface area (Å²) in [6.45, 7) is 2.04. The maximum atomic E-state index is 13.1. The second-order valence-electron chi connectivity index (χ2n) is 9.83. The van der Waals surface area contributed by atoms with Gasteiger partial charge in [0, 0.05) is 54.1 Å². The van der Waals surface area contributed by atoms with Crippen LogP contribution in [0.25, 0.3) is 0 Å². The number of amides is 2. The summed E-state index contributed by atoms with van der Waals surface area (Å²) in [7, 11) is 0. The van der Waals surface area contributed by atoms with Crippen molar-refractivity contribution in [3.8, 4) is 0 Å². The fraction of sp³-hybridized carbons (Fsp3) is 0.619. The van der Waals surface area contributed by atoms with Gasteiger partial charge >= 0.3 is 5.97 Å². The molecule has 1 aromatic heterocycles. The van der Waals surface area contributed by atoms with E-state index < -0.39 is 41.8 Å². The van der Waals surface area contributed by atoms with Gasteiger partial charge in [-0.2, -0.15) is 9.36 Å². The number of carbonyl (C=O) groups excluding carboxylic acids is 2. The molecule has 5 aliphatic heterocycles. The third kappa shape index (κ3) is 4.55. The van der Waals surface area contributed by atoms with E-state index in [0.717, 1.165) is 54.9 Å². The first-order valence-corrected chi connectivity index (χ1v) is 13.6. The normalized spacial score (nSPS) is 31.1. The Kier molecular flexibility index (Phi) is 6.84. The van der Waals surface area contributed by atoms with E-state index in [0.29, 0.717) is 17.9 Å². The number of hydrogen-bond acceptors (Lipinski definition) is 11. The minimum atomic E-state index is -1.29. The SMILES string of the molecule is Nc1nc(/C(=N/OCF)C(=O)N[C@@H]2C(=O)N3C(C(=O)O)=C(C[N+]45CCC(CO)(CC4)CC5)CS[C@@H]23)ns1. The summed E-state index contributed by atoms with van der Waals surface area (Å²) >= 11 is 2.18.